The molecule has 27 heavy (non-hydrogen) atoms. The van der Waals surface area contributed by atoms with Gasteiger partial charge < -0.3 is 25.6 Å². The molecule has 10 nitrogen and oxygen atoms in total. The predicted molar refractivity (Wildman–Crippen MR) is 97.3 cm³/mol. The zero-order chi connectivity index (χ0) is 20.0. The number of carbonyl (C=O) groups is 2. The van der Waals surface area contributed by atoms with Crippen LogP contribution in [0.5, 0.6) is 0 Å². The van der Waals surface area contributed by atoms with Gasteiger partial charge in [-0.05, 0) is 30.9 Å². The number of methoxy groups -OCH3 is 1. The van der Waals surface area contributed by atoms with E-state index >= 15 is 0 Å². The molecular formula is C17H25N5O5. The Morgan fingerprint density at radius 1 is 1.37 bits per heavy atom. The monoisotopic (exact) mass is 379 g/mol. The average molecular weight is 379 g/mol. The summed E-state index contributed by atoms with van der Waals surface area (Å²) in [6.07, 6.45) is 1.46. The van der Waals surface area contributed by atoms with Crippen molar-refractivity contribution in [2.75, 3.05) is 19.5 Å². The van der Waals surface area contributed by atoms with Gasteiger partial charge in [0.25, 0.3) is 0 Å². The third kappa shape index (κ3) is 5.30. The van der Waals surface area contributed by atoms with E-state index < -0.39 is 18.1 Å². The summed E-state index contributed by atoms with van der Waals surface area (Å²) in [5.74, 6) is -0.963. The highest BCUT2D eigenvalue weighted by Gasteiger charge is 2.24. The number of nitrogen functional groups attached to an aromatic ring is 1. The van der Waals surface area contributed by atoms with Crippen molar-refractivity contribution in [1.82, 2.24) is 19.9 Å². The highest BCUT2D eigenvalue weighted by molar-refractivity contribution is 5.80. The third-order valence-electron chi connectivity index (χ3n) is 4.22. The van der Waals surface area contributed by atoms with E-state index in [-0.39, 0.29) is 18.6 Å². The first kappa shape index (κ1) is 20.4. The van der Waals surface area contributed by atoms with Crippen molar-refractivity contribution < 1.29 is 24.2 Å². The number of fused-ring (bicyclic) bond motifs is 1. The minimum absolute atomic E-state index is 0.00714. The lowest BCUT2D eigenvalue weighted by Crippen LogP contribution is -2.45. The smallest absolute Gasteiger partial charge is 0.407 e. The number of carbonyl (C=O) groups excluding carboxylic acids is 1. The van der Waals surface area contributed by atoms with Crippen molar-refractivity contribution in [2.24, 2.45) is 5.92 Å². The fourth-order valence-corrected chi connectivity index (χ4v) is 2.63. The van der Waals surface area contributed by atoms with Gasteiger partial charge in [0.2, 0.25) is 0 Å². The van der Waals surface area contributed by atoms with Gasteiger partial charge in [-0.25, -0.2) is 19.1 Å². The Morgan fingerprint density at radius 3 is 2.74 bits per heavy atom. The number of aliphatic carboxylic acids is 1. The largest absolute Gasteiger partial charge is 0.480 e. The van der Waals surface area contributed by atoms with Gasteiger partial charge in [0.15, 0.2) is 5.82 Å². The predicted octanol–water partition coefficient (Wildman–Crippen LogP) is 1.09. The Balaban J connectivity index is 1.87. The number of nitrogens with two attached hydrogens (primary N) is 1. The molecule has 0 aliphatic rings. The molecule has 2 aromatic heterocycles. The van der Waals surface area contributed by atoms with Gasteiger partial charge in [0.1, 0.15) is 24.5 Å². The maximum absolute atomic E-state index is 11.8. The molecule has 2 atom stereocenters. The maximum atomic E-state index is 11.8. The molecule has 0 spiro atoms. The number of amides is 1. The Hall–Kier alpha value is -2.88. The van der Waals surface area contributed by atoms with Crippen LogP contribution in [-0.4, -0.2) is 57.6 Å². The Labute approximate surface area is 156 Å². The van der Waals surface area contributed by atoms with Crippen LogP contribution < -0.4 is 11.1 Å². The van der Waals surface area contributed by atoms with Crippen LogP contribution in [0.25, 0.3) is 5.52 Å². The molecule has 0 saturated heterocycles. The minimum Gasteiger partial charge on any atom is -0.480 e. The fourth-order valence-electron chi connectivity index (χ4n) is 2.63. The van der Waals surface area contributed by atoms with Crippen LogP contribution in [-0.2, 0) is 20.7 Å². The van der Waals surface area contributed by atoms with Crippen LogP contribution in [0.1, 0.15) is 26.0 Å². The summed E-state index contributed by atoms with van der Waals surface area (Å²) < 4.78 is 12.2. The topological polar surface area (TPSA) is 141 Å². The lowest BCUT2D eigenvalue weighted by molar-refractivity contribution is -0.140. The number of carboxylic acids is 1. The normalized spacial score (nSPS) is 13.5. The summed E-state index contributed by atoms with van der Waals surface area (Å²) in [5.41, 5.74) is 7.47. The van der Waals surface area contributed by atoms with Crippen LogP contribution >= 0.6 is 0 Å². The number of rotatable bonds is 9. The molecule has 10 heteroatoms. The average Bonchev–Trinajstić information content (AvgIpc) is 3.04. The minimum atomic E-state index is -1.10. The zero-order valence-corrected chi connectivity index (χ0v) is 15.6. The first-order valence-electron chi connectivity index (χ1n) is 8.59. The second-order valence-electron chi connectivity index (χ2n) is 6.47. The van der Waals surface area contributed by atoms with Crippen molar-refractivity contribution in [3.63, 3.8) is 0 Å². The zero-order valence-electron chi connectivity index (χ0n) is 15.6. The molecule has 0 saturated carbocycles. The molecule has 4 N–H and O–H groups in total. The van der Waals surface area contributed by atoms with Gasteiger partial charge in [-0.15, -0.1) is 0 Å². The first-order chi connectivity index (χ1) is 12.8. The van der Waals surface area contributed by atoms with Gasteiger partial charge in [-0.2, -0.15) is 5.10 Å². The molecule has 1 amide bonds. The number of anilines is 1. The highest BCUT2D eigenvalue weighted by atomic mass is 16.6. The molecule has 2 rings (SSSR count). The second-order valence-corrected chi connectivity index (χ2v) is 6.47. The first-order valence-corrected chi connectivity index (χ1v) is 8.59. The Morgan fingerprint density at radius 2 is 2.11 bits per heavy atom. The molecule has 0 aliphatic carbocycles. The summed E-state index contributed by atoms with van der Waals surface area (Å²) >= 11 is 0. The molecule has 2 heterocycles. The quantitative estimate of drug-likeness (QED) is 0.588. The lowest BCUT2D eigenvalue weighted by Gasteiger charge is -2.19. The molecule has 2 aromatic rings. The van der Waals surface area contributed by atoms with E-state index in [1.54, 1.807) is 18.4 Å². The summed E-state index contributed by atoms with van der Waals surface area (Å²) in [7, 11) is 1.52. The molecule has 0 radical (unpaired) electrons. The Bertz CT molecular complexity index is 791. The summed E-state index contributed by atoms with van der Waals surface area (Å²) in [5, 5.41) is 15.6. The van der Waals surface area contributed by atoms with E-state index in [0.717, 1.165) is 11.2 Å². The van der Waals surface area contributed by atoms with Crippen molar-refractivity contribution in [1.29, 1.82) is 0 Å². The SMILES string of the molecule is COC(CCc1ccc2c(N)ncnn12)COC(=O)NC(C(=O)O)C(C)C. The summed E-state index contributed by atoms with van der Waals surface area (Å²) in [4.78, 5) is 26.9. The molecule has 148 valence electrons. The standard InChI is InChI=1S/C17H25N5O5/c1-10(2)14(16(23)24)21-17(25)27-8-12(26-3)6-4-11-5-7-13-15(18)19-9-20-22(11)13/h5,7,9-10,12,14H,4,6,8H2,1-3H3,(H,21,25)(H,23,24)(H2,18,19,20). The van der Waals surface area contributed by atoms with E-state index in [2.05, 4.69) is 15.4 Å². The number of carboxylic acid groups (broad SMARTS) is 1. The maximum Gasteiger partial charge on any atom is 0.407 e. The number of hydrogen-bond donors (Lipinski definition) is 3. The Kier molecular flexibility index (Phi) is 6.94. The van der Waals surface area contributed by atoms with E-state index in [1.807, 2.05) is 12.1 Å². The number of aromatic nitrogens is 3. The van der Waals surface area contributed by atoms with Crippen LogP contribution in [0.15, 0.2) is 18.5 Å². The van der Waals surface area contributed by atoms with Gasteiger partial charge >= 0.3 is 12.1 Å². The molecule has 0 bridgehead atoms. The number of hydrogen-bond acceptors (Lipinski definition) is 7. The summed E-state index contributed by atoms with van der Waals surface area (Å²) in [6, 6.07) is 2.74. The van der Waals surface area contributed by atoms with E-state index in [4.69, 9.17) is 20.3 Å². The number of nitrogens with zero attached hydrogens (tertiary/aromatic N) is 3. The molecule has 0 aromatic carbocycles. The highest BCUT2D eigenvalue weighted by Crippen LogP contribution is 2.15. The number of alkyl carbamates (subject to hydrolysis) is 1. The van der Waals surface area contributed by atoms with Crippen molar-refractivity contribution in [3.8, 4) is 0 Å². The van der Waals surface area contributed by atoms with E-state index in [1.165, 1.54) is 13.4 Å². The van der Waals surface area contributed by atoms with Gasteiger partial charge in [-0.1, -0.05) is 13.8 Å². The van der Waals surface area contributed by atoms with Gasteiger partial charge in [-0.3, -0.25) is 0 Å². The van der Waals surface area contributed by atoms with Crippen LogP contribution in [0.2, 0.25) is 0 Å². The van der Waals surface area contributed by atoms with Crippen LogP contribution in [0.3, 0.4) is 0 Å². The molecular weight excluding hydrogens is 354 g/mol. The van der Waals surface area contributed by atoms with Crippen molar-refractivity contribution >= 4 is 23.4 Å². The molecule has 2 unspecified atom stereocenters. The number of nitrogens with one attached hydrogen (secondary N) is 1. The molecule has 0 fully saturated rings. The van der Waals surface area contributed by atoms with Gasteiger partial charge in [0.05, 0.1) is 6.10 Å². The van der Waals surface area contributed by atoms with Crippen molar-refractivity contribution in [3.05, 3.63) is 24.2 Å². The molecule has 0 aliphatic heterocycles. The fraction of sp³-hybridized carbons (Fsp3) is 0.529. The summed E-state index contributed by atoms with van der Waals surface area (Å²) in [6.45, 7) is 3.41. The lowest BCUT2D eigenvalue weighted by atomic mass is 10.1. The second kappa shape index (κ2) is 9.17. The van der Waals surface area contributed by atoms with Gasteiger partial charge in [0, 0.05) is 12.8 Å². The third-order valence-corrected chi connectivity index (χ3v) is 4.22. The van der Waals surface area contributed by atoms with E-state index in [0.29, 0.717) is 18.7 Å². The number of aryl methyl sites for hydroxylation is 1. The van der Waals surface area contributed by atoms with Crippen molar-refractivity contribution in [2.45, 2.75) is 38.8 Å². The van der Waals surface area contributed by atoms with Crippen LogP contribution in [0.4, 0.5) is 10.6 Å². The van der Waals surface area contributed by atoms with Crippen LogP contribution in [0, 0.1) is 5.92 Å². The number of ether oxygens (including phenoxy) is 2. The van der Waals surface area contributed by atoms with E-state index in [9.17, 15) is 9.59 Å².